The second kappa shape index (κ2) is 11.0. The number of nitro benzene ring substituents is 1. The zero-order chi connectivity index (χ0) is 28.2. The molecule has 0 aliphatic rings. The molecule has 2 N–H and O–H groups in total. The predicted molar refractivity (Wildman–Crippen MR) is 161 cm³/mol. The molecule has 0 saturated carbocycles. The van der Waals surface area contributed by atoms with Gasteiger partial charge in [0.2, 0.25) is 0 Å². The summed E-state index contributed by atoms with van der Waals surface area (Å²) in [6.45, 7) is 0. The number of nitrogens with zero attached hydrogens (tertiary/aromatic N) is 5. The minimum atomic E-state index is -0.459. The molecule has 0 spiro atoms. The molecule has 41 heavy (non-hydrogen) atoms. The average Bonchev–Trinajstić information content (AvgIpc) is 3.00. The molecule has 0 bridgehead atoms. The molecule has 0 heterocycles. The van der Waals surface area contributed by atoms with Crippen LogP contribution in [0.2, 0.25) is 0 Å². The molecule has 0 aromatic heterocycles. The molecule has 0 fully saturated rings. The first-order valence-electron chi connectivity index (χ1n) is 12.7. The maximum absolute atomic E-state index is 11.0. The van der Waals surface area contributed by atoms with Gasteiger partial charge in [-0.05, 0) is 66.0 Å². The Labute approximate surface area is 234 Å². The standard InChI is InChI=1S/C32H22N6O3/c39-32-26-16-13-24(33-22-6-2-1-3-7-22)20-21(26)10-17-31(32)37-36-30-19-18-29(27-8-4-5-9-28(27)30)35-34-23-11-14-25(15-12-23)38(40)41/h1-20,33,39H. The number of anilines is 2. The molecule has 0 saturated heterocycles. The quantitative estimate of drug-likeness (QED) is 0.119. The number of benzene rings is 6. The van der Waals surface area contributed by atoms with Gasteiger partial charge in [-0.3, -0.25) is 10.1 Å². The van der Waals surface area contributed by atoms with Crippen molar-refractivity contribution < 1.29 is 10.0 Å². The lowest BCUT2D eigenvalue weighted by molar-refractivity contribution is -0.384. The summed E-state index contributed by atoms with van der Waals surface area (Å²) >= 11 is 0. The SMILES string of the molecule is O=[N+]([O-])c1ccc(N=Nc2ccc(N=Nc3ccc4cc(Nc5ccccc5)ccc4c3O)c3ccccc23)cc1. The summed E-state index contributed by atoms with van der Waals surface area (Å²) in [7, 11) is 0. The van der Waals surface area contributed by atoms with E-state index in [1.54, 1.807) is 30.3 Å². The number of phenols is 1. The van der Waals surface area contributed by atoms with Crippen LogP contribution in [0.1, 0.15) is 0 Å². The van der Waals surface area contributed by atoms with E-state index in [4.69, 9.17) is 0 Å². The number of fused-ring (bicyclic) bond motifs is 2. The third kappa shape index (κ3) is 5.45. The minimum absolute atomic E-state index is 0.00798. The van der Waals surface area contributed by atoms with Gasteiger partial charge in [-0.25, -0.2) is 0 Å². The van der Waals surface area contributed by atoms with Gasteiger partial charge in [0.05, 0.1) is 22.0 Å². The van der Waals surface area contributed by atoms with E-state index in [2.05, 4.69) is 25.8 Å². The second-order valence-electron chi connectivity index (χ2n) is 9.18. The van der Waals surface area contributed by atoms with Crippen LogP contribution in [0.4, 0.5) is 39.8 Å². The Bertz CT molecular complexity index is 1960. The van der Waals surface area contributed by atoms with Crippen LogP contribution in [0, 0.1) is 10.1 Å². The van der Waals surface area contributed by atoms with E-state index in [1.807, 2.05) is 78.9 Å². The number of non-ortho nitro benzene ring substituents is 1. The van der Waals surface area contributed by atoms with Crippen LogP contribution in [0.5, 0.6) is 5.75 Å². The fraction of sp³-hybridized carbons (Fsp3) is 0. The third-order valence-electron chi connectivity index (χ3n) is 6.51. The molecular weight excluding hydrogens is 516 g/mol. The van der Waals surface area contributed by atoms with Crippen molar-refractivity contribution in [3.63, 3.8) is 0 Å². The molecule has 0 aliphatic carbocycles. The first-order chi connectivity index (χ1) is 20.0. The Balaban J connectivity index is 1.27. The molecular formula is C32H22N6O3. The Morgan fingerprint density at radius 2 is 1.20 bits per heavy atom. The van der Waals surface area contributed by atoms with Gasteiger partial charge in [0.15, 0.2) is 5.75 Å². The molecule has 0 atom stereocenters. The van der Waals surface area contributed by atoms with E-state index in [1.165, 1.54) is 12.1 Å². The summed E-state index contributed by atoms with van der Waals surface area (Å²) in [5.41, 5.74) is 3.96. The summed E-state index contributed by atoms with van der Waals surface area (Å²) in [5.74, 6) is 0.0512. The van der Waals surface area contributed by atoms with E-state index >= 15 is 0 Å². The number of aromatic hydroxyl groups is 1. The highest BCUT2D eigenvalue weighted by Crippen LogP contribution is 2.39. The van der Waals surface area contributed by atoms with E-state index in [-0.39, 0.29) is 11.4 Å². The van der Waals surface area contributed by atoms with Crippen molar-refractivity contribution in [1.29, 1.82) is 0 Å². The van der Waals surface area contributed by atoms with Gasteiger partial charge in [-0.15, -0.1) is 15.3 Å². The fourth-order valence-corrected chi connectivity index (χ4v) is 4.45. The molecule has 0 amide bonds. The predicted octanol–water partition coefficient (Wildman–Crippen LogP) is 10.2. The zero-order valence-corrected chi connectivity index (χ0v) is 21.5. The molecule has 0 radical (unpaired) electrons. The number of hydrogen-bond donors (Lipinski definition) is 2. The van der Waals surface area contributed by atoms with Gasteiger partial charge in [-0.1, -0.05) is 48.5 Å². The Morgan fingerprint density at radius 1 is 0.585 bits per heavy atom. The lowest BCUT2D eigenvalue weighted by Crippen LogP contribution is -1.89. The highest BCUT2D eigenvalue weighted by Gasteiger charge is 2.09. The van der Waals surface area contributed by atoms with Crippen LogP contribution in [0.15, 0.2) is 142 Å². The van der Waals surface area contributed by atoms with E-state index in [9.17, 15) is 15.2 Å². The third-order valence-corrected chi connectivity index (χ3v) is 6.51. The maximum Gasteiger partial charge on any atom is 0.269 e. The molecule has 9 nitrogen and oxygen atoms in total. The monoisotopic (exact) mass is 538 g/mol. The molecule has 198 valence electrons. The van der Waals surface area contributed by atoms with E-state index < -0.39 is 4.92 Å². The number of para-hydroxylation sites is 1. The van der Waals surface area contributed by atoms with Gasteiger partial charge in [0.25, 0.3) is 5.69 Å². The van der Waals surface area contributed by atoms with Crippen molar-refractivity contribution in [2.24, 2.45) is 20.5 Å². The first-order valence-corrected chi connectivity index (χ1v) is 12.7. The number of nitro groups is 1. The molecule has 0 aliphatic heterocycles. The van der Waals surface area contributed by atoms with Crippen LogP contribution in [0.3, 0.4) is 0 Å². The maximum atomic E-state index is 11.0. The van der Waals surface area contributed by atoms with Crippen LogP contribution in [-0.2, 0) is 0 Å². The Hall–Kier alpha value is -5.96. The Kier molecular flexibility index (Phi) is 6.81. The van der Waals surface area contributed by atoms with E-state index in [0.29, 0.717) is 28.1 Å². The van der Waals surface area contributed by atoms with Gasteiger partial charge < -0.3 is 10.4 Å². The molecule has 6 rings (SSSR count). The van der Waals surface area contributed by atoms with Gasteiger partial charge >= 0.3 is 0 Å². The minimum Gasteiger partial charge on any atom is -0.505 e. The van der Waals surface area contributed by atoms with Crippen molar-refractivity contribution in [2.75, 3.05) is 5.32 Å². The smallest absolute Gasteiger partial charge is 0.269 e. The van der Waals surface area contributed by atoms with Gasteiger partial charge in [0, 0.05) is 39.7 Å². The average molecular weight is 539 g/mol. The highest BCUT2D eigenvalue weighted by molar-refractivity contribution is 6.00. The van der Waals surface area contributed by atoms with Crippen molar-refractivity contribution in [3.05, 3.63) is 131 Å². The zero-order valence-electron chi connectivity index (χ0n) is 21.5. The topological polar surface area (TPSA) is 125 Å². The second-order valence-corrected chi connectivity index (χ2v) is 9.18. The highest BCUT2D eigenvalue weighted by atomic mass is 16.6. The summed E-state index contributed by atoms with van der Waals surface area (Å²) < 4.78 is 0. The summed E-state index contributed by atoms with van der Waals surface area (Å²) in [6.07, 6.45) is 0. The van der Waals surface area contributed by atoms with Crippen molar-refractivity contribution in [1.82, 2.24) is 0 Å². The van der Waals surface area contributed by atoms with Crippen LogP contribution in [-0.4, -0.2) is 10.0 Å². The Morgan fingerprint density at radius 3 is 1.88 bits per heavy atom. The van der Waals surface area contributed by atoms with Gasteiger partial charge in [0.1, 0.15) is 5.69 Å². The fourth-order valence-electron chi connectivity index (χ4n) is 4.45. The van der Waals surface area contributed by atoms with Crippen LogP contribution >= 0.6 is 0 Å². The molecule has 6 aromatic carbocycles. The van der Waals surface area contributed by atoms with Crippen LogP contribution < -0.4 is 5.32 Å². The summed E-state index contributed by atoms with van der Waals surface area (Å²) in [6, 6.07) is 36.3. The molecule has 9 heteroatoms. The normalized spacial score (nSPS) is 11.5. The largest absolute Gasteiger partial charge is 0.505 e. The van der Waals surface area contributed by atoms with E-state index in [0.717, 1.165) is 27.5 Å². The van der Waals surface area contributed by atoms with Crippen LogP contribution in [0.25, 0.3) is 21.5 Å². The molecule has 6 aromatic rings. The van der Waals surface area contributed by atoms with Gasteiger partial charge in [-0.2, -0.15) is 5.11 Å². The van der Waals surface area contributed by atoms with Crippen molar-refractivity contribution in [2.45, 2.75) is 0 Å². The number of phenolic OH excluding ortho intramolecular Hbond substituents is 1. The van der Waals surface area contributed by atoms with Crippen molar-refractivity contribution >= 4 is 61.4 Å². The number of azo groups is 2. The summed E-state index contributed by atoms with van der Waals surface area (Å²) in [5, 5.41) is 45.8. The number of hydrogen-bond acceptors (Lipinski definition) is 8. The summed E-state index contributed by atoms with van der Waals surface area (Å²) in [4.78, 5) is 10.4. The molecule has 0 unspecified atom stereocenters. The lowest BCUT2D eigenvalue weighted by Gasteiger charge is -2.09. The number of rotatable bonds is 7. The first kappa shape index (κ1) is 25.3. The number of nitrogens with one attached hydrogen (secondary N) is 1. The van der Waals surface area contributed by atoms with Crippen molar-refractivity contribution in [3.8, 4) is 5.75 Å². The lowest BCUT2D eigenvalue weighted by atomic mass is 10.1.